The molecule has 0 spiro atoms. The van der Waals surface area contributed by atoms with E-state index in [1.54, 1.807) is 18.2 Å². The molecule has 2 rings (SSSR count). The van der Waals surface area contributed by atoms with Crippen LogP contribution in [0.2, 0.25) is 0 Å². The molecule has 0 radical (unpaired) electrons. The van der Waals surface area contributed by atoms with Crippen LogP contribution >= 0.6 is 28.3 Å². The zero-order chi connectivity index (χ0) is 14.0. The van der Waals surface area contributed by atoms with E-state index in [9.17, 15) is 13.2 Å². The maximum absolute atomic E-state index is 13.3. The minimum Gasteiger partial charge on any atom is -0.314 e. The second-order valence-electron chi connectivity index (χ2n) is 4.74. The maximum atomic E-state index is 13.3. The molecule has 1 aliphatic rings. The molecule has 1 aliphatic heterocycles. The molecule has 1 aromatic rings. The standard InChI is InChI=1S/C13H16BrF3N2.ClH/c1-9-2-3-10(8-11(9)14)12(13(15,16)17)19-6-4-18-5-7-19;/h2-3,8,12,18H,4-7H2,1H3;1H/t12-;/m1./s1. The Hall–Kier alpha value is -0.300. The molecule has 7 heteroatoms. The number of benzene rings is 1. The van der Waals surface area contributed by atoms with Crippen molar-refractivity contribution in [3.05, 3.63) is 33.8 Å². The number of alkyl halides is 3. The van der Waals surface area contributed by atoms with Gasteiger partial charge in [0.15, 0.2) is 0 Å². The summed E-state index contributed by atoms with van der Waals surface area (Å²) >= 11 is 3.31. The van der Waals surface area contributed by atoms with E-state index in [0.717, 1.165) is 10.0 Å². The first kappa shape index (κ1) is 17.8. The van der Waals surface area contributed by atoms with E-state index in [1.807, 2.05) is 6.92 Å². The molecule has 0 bridgehead atoms. The zero-order valence-electron chi connectivity index (χ0n) is 11.0. The van der Waals surface area contributed by atoms with Crippen LogP contribution in [0.25, 0.3) is 0 Å². The molecule has 0 aliphatic carbocycles. The highest BCUT2D eigenvalue weighted by molar-refractivity contribution is 9.10. The number of hydrogen-bond acceptors (Lipinski definition) is 2. The quantitative estimate of drug-likeness (QED) is 0.850. The first-order valence-electron chi connectivity index (χ1n) is 6.17. The van der Waals surface area contributed by atoms with Crippen molar-refractivity contribution in [2.24, 2.45) is 0 Å². The number of aryl methyl sites for hydroxylation is 1. The van der Waals surface area contributed by atoms with Crippen LogP contribution in [0.3, 0.4) is 0 Å². The van der Waals surface area contributed by atoms with Gasteiger partial charge in [-0.25, -0.2) is 0 Å². The molecular weight excluding hydrogens is 357 g/mol. The SMILES string of the molecule is Cc1ccc([C@@H](N2CCNCC2)C(F)(F)F)cc1Br.Cl. The van der Waals surface area contributed by atoms with E-state index in [0.29, 0.717) is 31.7 Å². The Kier molecular flexibility index (Phi) is 6.31. The fraction of sp³-hybridized carbons (Fsp3) is 0.538. The van der Waals surface area contributed by atoms with Gasteiger partial charge in [-0.2, -0.15) is 13.2 Å². The van der Waals surface area contributed by atoms with Gasteiger partial charge in [0.1, 0.15) is 6.04 Å². The minimum atomic E-state index is -4.26. The number of halogens is 5. The molecule has 0 aromatic heterocycles. The van der Waals surface area contributed by atoms with Crippen molar-refractivity contribution in [1.82, 2.24) is 10.2 Å². The monoisotopic (exact) mass is 372 g/mol. The van der Waals surface area contributed by atoms with E-state index in [1.165, 1.54) is 4.90 Å². The van der Waals surface area contributed by atoms with Crippen LogP contribution < -0.4 is 5.32 Å². The van der Waals surface area contributed by atoms with Gasteiger partial charge in [0.2, 0.25) is 0 Å². The first-order valence-corrected chi connectivity index (χ1v) is 6.96. The van der Waals surface area contributed by atoms with Crippen molar-refractivity contribution in [2.75, 3.05) is 26.2 Å². The minimum absolute atomic E-state index is 0. The molecule has 1 aromatic carbocycles. The molecule has 1 heterocycles. The highest BCUT2D eigenvalue weighted by atomic mass is 79.9. The van der Waals surface area contributed by atoms with Gasteiger partial charge in [-0.3, -0.25) is 4.90 Å². The lowest BCUT2D eigenvalue weighted by Gasteiger charge is -2.36. The van der Waals surface area contributed by atoms with Crippen molar-refractivity contribution in [1.29, 1.82) is 0 Å². The van der Waals surface area contributed by atoms with E-state index < -0.39 is 12.2 Å². The lowest BCUT2D eigenvalue weighted by Crippen LogP contribution is -2.49. The van der Waals surface area contributed by atoms with E-state index in [4.69, 9.17) is 0 Å². The van der Waals surface area contributed by atoms with Crippen LogP contribution in [0.4, 0.5) is 13.2 Å². The number of rotatable bonds is 2. The van der Waals surface area contributed by atoms with Crippen LogP contribution in [0, 0.1) is 6.92 Å². The topological polar surface area (TPSA) is 15.3 Å². The Morgan fingerprint density at radius 1 is 1.25 bits per heavy atom. The number of nitrogens with one attached hydrogen (secondary N) is 1. The number of piperazine rings is 1. The molecule has 1 fully saturated rings. The summed E-state index contributed by atoms with van der Waals surface area (Å²) in [6.07, 6.45) is -4.26. The summed E-state index contributed by atoms with van der Waals surface area (Å²) in [5, 5.41) is 3.07. The van der Waals surface area contributed by atoms with Crippen LogP contribution in [0.15, 0.2) is 22.7 Å². The molecule has 20 heavy (non-hydrogen) atoms. The van der Waals surface area contributed by atoms with E-state index in [2.05, 4.69) is 21.2 Å². The van der Waals surface area contributed by atoms with Gasteiger partial charge in [-0.1, -0.05) is 28.1 Å². The van der Waals surface area contributed by atoms with Crippen LogP contribution in [0.5, 0.6) is 0 Å². The highest BCUT2D eigenvalue weighted by Gasteiger charge is 2.44. The summed E-state index contributed by atoms with van der Waals surface area (Å²) in [7, 11) is 0. The van der Waals surface area contributed by atoms with Gasteiger partial charge in [-0.05, 0) is 24.1 Å². The summed E-state index contributed by atoms with van der Waals surface area (Å²) in [6.45, 7) is 3.88. The van der Waals surface area contributed by atoms with Gasteiger partial charge in [-0.15, -0.1) is 12.4 Å². The van der Waals surface area contributed by atoms with Crippen LogP contribution in [-0.2, 0) is 0 Å². The fourth-order valence-electron chi connectivity index (χ4n) is 2.33. The Labute approximate surface area is 131 Å². The third-order valence-electron chi connectivity index (χ3n) is 3.34. The lowest BCUT2D eigenvalue weighted by atomic mass is 10.0. The van der Waals surface area contributed by atoms with Gasteiger partial charge in [0, 0.05) is 30.7 Å². The Bertz CT molecular complexity index is 448. The average molecular weight is 374 g/mol. The van der Waals surface area contributed by atoms with Crippen molar-refractivity contribution in [2.45, 2.75) is 19.1 Å². The summed E-state index contributed by atoms with van der Waals surface area (Å²) in [4.78, 5) is 1.49. The molecule has 1 saturated heterocycles. The van der Waals surface area contributed by atoms with Crippen molar-refractivity contribution in [3.63, 3.8) is 0 Å². The normalized spacial score (nSPS) is 18.4. The predicted octanol–water partition coefficient (Wildman–Crippen LogP) is 3.69. The summed E-state index contributed by atoms with van der Waals surface area (Å²) in [6, 6.07) is 3.35. The Morgan fingerprint density at radius 2 is 1.85 bits per heavy atom. The zero-order valence-corrected chi connectivity index (χ0v) is 13.4. The molecule has 2 nitrogen and oxygen atoms in total. The summed E-state index contributed by atoms with van der Waals surface area (Å²) < 4.78 is 40.8. The smallest absolute Gasteiger partial charge is 0.314 e. The molecule has 0 amide bonds. The average Bonchev–Trinajstić information content (AvgIpc) is 2.34. The van der Waals surface area contributed by atoms with E-state index in [-0.39, 0.29) is 12.4 Å². The maximum Gasteiger partial charge on any atom is 0.408 e. The van der Waals surface area contributed by atoms with Gasteiger partial charge in [0.05, 0.1) is 0 Å². The Balaban J connectivity index is 0.00000200. The van der Waals surface area contributed by atoms with Crippen LogP contribution in [0.1, 0.15) is 17.2 Å². The summed E-state index contributed by atoms with van der Waals surface area (Å²) in [5.41, 5.74) is 1.23. The molecule has 1 atom stereocenters. The van der Waals surface area contributed by atoms with Crippen molar-refractivity contribution < 1.29 is 13.2 Å². The second kappa shape index (κ2) is 7.11. The number of nitrogens with zero attached hydrogens (tertiary/aromatic N) is 1. The number of hydrogen-bond donors (Lipinski definition) is 1. The Morgan fingerprint density at radius 3 is 2.35 bits per heavy atom. The third kappa shape index (κ3) is 4.10. The second-order valence-corrected chi connectivity index (χ2v) is 5.59. The van der Waals surface area contributed by atoms with E-state index >= 15 is 0 Å². The summed E-state index contributed by atoms with van der Waals surface area (Å²) in [5.74, 6) is 0. The fourth-order valence-corrected chi connectivity index (χ4v) is 2.72. The lowest BCUT2D eigenvalue weighted by molar-refractivity contribution is -0.187. The van der Waals surface area contributed by atoms with Gasteiger partial charge >= 0.3 is 6.18 Å². The third-order valence-corrected chi connectivity index (χ3v) is 4.19. The van der Waals surface area contributed by atoms with Crippen molar-refractivity contribution >= 4 is 28.3 Å². The molecular formula is C13H17BrClF3N2. The largest absolute Gasteiger partial charge is 0.408 e. The van der Waals surface area contributed by atoms with Crippen LogP contribution in [-0.4, -0.2) is 37.3 Å². The molecule has 114 valence electrons. The van der Waals surface area contributed by atoms with Crippen molar-refractivity contribution in [3.8, 4) is 0 Å². The molecule has 0 saturated carbocycles. The molecule has 0 unspecified atom stereocenters. The predicted molar refractivity (Wildman–Crippen MR) is 79.4 cm³/mol. The van der Waals surface area contributed by atoms with Gasteiger partial charge in [0.25, 0.3) is 0 Å². The molecule has 1 N–H and O–H groups in total. The van der Waals surface area contributed by atoms with Gasteiger partial charge < -0.3 is 5.32 Å². The highest BCUT2D eigenvalue weighted by Crippen LogP contribution is 2.38. The first-order chi connectivity index (χ1) is 8.89.